The zero-order valence-electron chi connectivity index (χ0n) is 12.3. The fraction of sp³-hybridized carbons (Fsp3) is 0.0625. The zero-order chi connectivity index (χ0) is 16.2. The molecule has 0 spiro atoms. The molecule has 3 aromatic rings. The standard InChI is InChI=1S/C16H14N4O3/c1-23-12-3-2-10-4-6-18-15(13(10)9-12)19-11-5-7-17-14(8-11)20-16(21)22/h2-9H,1H3,(H,21,22)(H2,17,18,19,20). The first-order valence-electron chi connectivity index (χ1n) is 6.81. The van der Waals surface area contributed by atoms with E-state index < -0.39 is 6.09 Å². The lowest BCUT2D eigenvalue weighted by atomic mass is 10.1. The quantitative estimate of drug-likeness (QED) is 0.683. The third kappa shape index (κ3) is 3.29. The molecule has 7 heteroatoms. The molecular formula is C16H14N4O3. The van der Waals surface area contributed by atoms with Crippen LogP contribution in [0, 0.1) is 0 Å². The van der Waals surface area contributed by atoms with Crippen LogP contribution in [0.25, 0.3) is 10.8 Å². The van der Waals surface area contributed by atoms with E-state index in [1.54, 1.807) is 25.4 Å². The SMILES string of the molecule is COc1ccc2ccnc(Nc3ccnc(NC(=O)O)c3)c2c1. The molecule has 0 fully saturated rings. The first-order chi connectivity index (χ1) is 11.2. The molecule has 3 rings (SSSR count). The Balaban J connectivity index is 1.96. The molecule has 1 aromatic carbocycles. The van der Waals surface area contributed by atoms with Crippen LogP contribution < -0.4 is 15.4 Å². The number of ether oxygens (including phenoxy) is 1. The van der Waals surface area contributed by atoms with E-state index in [2.05, 4.69) is 20.6 Å². The number of nitrogens with zero attached hydrogens (tertiary/aromatic N) is 2. The largest absolute Gasteiger partial charge is 0.497 e. The Morgan fingerprint density at radius 1 is 1.13 bits per heavy atom. The van der Waals surface area contributed by atoms with Crippen molar-refractivity contribution in [2.24, 2.45) is 0 Å². The van der Waals surface area contributed by atoms with Gasteiger partial charge < -0.3 is 15.2 Å². The summed E-state index contributed by atoms with van der Waals surface area (Å²) in [5, 5.41) is 16.0. The lowest BCUT2D eigenvalue weighted by molar-refractivity contribution is 0.209. The molecule has 0 aliphatic heterocycles. The van der Waals surface area contributed by atoms with Gasteiger partial charge in [-0.3, -0.25) is 5.32 Å². The van der Waals surface area contributed by atoms with Gasteiger partial charge in [0.2, 0.25) is 0 Å². The van der Waals surface area contributed by atoms with Crippen molar-refractivity contribution in [3.63, 3.8) is 0 Å². The molecule has 3 N–H and O–H groups in total. The average molecular weight is 310 g/mol. The second-order valence-corrected chi connectivity index (χ2v) is 4.73. The van der Waals surface area contributed by atoms with E-state index in [9.17, 15) is 4.79 Å². The molecule has 0 atom stereocenters. The first-order valence-corrected chi connectivity index (χ1v) is 6.81. The Hall–Kier alpha value is -3.35. The van der Waals surface area contributed by atoms with Crippen molar-refractivity contribution in [1.82, 2.24) is 9.97 Å². The molecule has 1 amide bonds. The highest BCUT2D eigenvalue weighted by molar-refractivity contribution is 5.94. The number of anilines is 3. The number of hydrogen-bond donors (Lipinski definition) is 3. The van der Waals surface area contributed by atoms with Crippen LogP contribution in [0.1, 0.15) is 0 Å². The van der Waals surface area contributed by atoms with Gasteiger partial charge in [-0.2, -0.15) is 0 Å². The summed E-state index contributed by atoms with van der Waals surface area (Å²) >= 11 is 0. The molecule has 7 nitrogen and oxygen atoms in total. The van der Waals surface area contributed by atoms with Crippen LogP contribution >= 0.6 is 0 Å². The van der Waals surface area contributed by atoms with Crippen molar-refractivity contribution in [2.75, 3.05) is 17.7 Å². The molecule has 0 saturated heterocycles. The van der Waals surface area contributed by atoms with Gasteiger partial charge in [-0.1, -0.05) is 6.07 Å². The zero-order valence-corrected chi connectivity index (χ0v) is 12.3. The van der Waals surface area contributed by atoms with Gasteiger partial charge in [0.15, 0.2) is 0 Å². The molecule has 0 aliphatic rings. The Bertz CT molecular complexity index is 867. The van der Waals surface area contributed by atoms with Crippen LogP contribution in [0.3, 0.4) is 0 Å². The van der Waals surface area contributed by atoms with E-state index in [0.717, 1.165) is 16.5 Å². The summed E-state index contributed by atoms with van der Waals surface area (Å²) in [5.41, 5.74) is 0.673. The maximum absolute atomic E-state index is 10.7. The van der Waals surface area contributed by atoms with E-state index in [1.165, 1.54) is 6.20 Å². The van der Waals surface area contributed by atoms with Crippen LogP contribution in [-0.2, 0) is 0 Å². The molecule has 0 bridgehead atoms. The van der Waals surface area contributed by atoms with Gasteiger partial charge in [-0.15, -0.1) is 0 Å². The second kappa shape index (κ2) is 6.18. The number of pyridine rings is 2. The highest BCUT2D eigenvalue weighted by atomic mass is 16.5. The van der Waals surface area contributed by atoms with Crippen molar-refractivity contribution in [2.45, 2.75) is 0 Å². The maximum atomic E-state index is 10.7. The van der Waals surface area contributed by atoms with Gasteiger partial charge in [0.1, 0.15) is 17.4 Å². The third-order valence-electron chi connectivity index (χ3n) is 3.23. The molecule has 116 valence electrons. The first kappa shape index (κ1) is 14.6. The lowest BCUT2D eigenvalue weighted by Crippen LogP contribution is -2.08. The van der Waals surface area contributed by atoms with Gasteiger partial charge in [-0.25, -0.2) is 14.8 Å². The summed E-state index contributed by atoms with van der Waals surface area (Å²) in [7, 11) is 1.61. The van der Waals surface area contributed by atoms with E-state index in [0.29, 0.717) is 11.5 Å². The molecule has 0 unspecified atom stereocenters. The predicted molar refractivity (Wildman–Crippen MR) is 87.5 cm³/mol. The number of methoxy groups -OCH3 is 1. The molecular weight excluding hydrogens is 296 g/mol. The summed E-state index contributed by atoms with van der Waals surface area (Å²) < 4.78 is 5.25. The number of nitrogens with one attached hydrogen (secondary N) is 2. The second-order valence-electron chi connectivity index (χ2n) is 4.73. The lowest BCUT2D eigenvalue weighted by Gasteiger charge is -2.10. The molecule has 0 radical (unpaired) electrons. The summed E-state index contributed by atoms with van der Waals surface area (Å²) in [5.74, 6) is 1.62. The normalized spacial score (nSPS) is 10.3. The Morgan fingerprint density at radius 3 is 2.74 bits per heavy atom. The van der Waals surface area contributed by atoms with E-state index in [-0.39, 0.29) is 5.82 Å². The molecule has 23 heavy (non-hydrogen) atoms. The van der Waals surface area contributed by atoms with E-state index in [4.69, 9.17) is 9.84 Å². The summed E-state index contributed by atoms with van der Waals surface area (Å²) in [6.45, 7) is 0. The molecule has 2 heterocycles. The van der Waals surface area contributed by atoms with Crippen LogP contribution in [0.2, 0.25) is 0 Å². The van der Waals surface area contributed by atoms with Crippen molar-refractivity contribution >= 4 is 34.2 Å². The van der Waals surface area contributed by atoms with Crippen molar-refractivity contribution in [3.8, 4) is 5.75 Å². The smallest absolute Gasteiger partial charge is 0.410 e. The number of rotatable bonds is 4. The Labute approximate surface area is 132 Å². The minimum Gasteiger partial charge on any atom is -0.497 e. The summed E-state index contributed by atoms with van der Waals surface area (Å²) in [4.78, 5) is 19.0. The maximum Gasteiger partial charge on any atom is 0.410 e. The van der Waals surface area contributed by atoms with Crippen LogP contribution in [-0.4, -0.2) is 28.3 Å². The fourth-order valence-corrected chi connectivity index (χ4v) is 2.20. The van der Waals surface area contributed by atoms with Crippen molar-refractivity contribution < 1.29 is 14.6 Å². The van der Waals surface area contributed by atoms with Gasteiger partial charge in [0.05, 0.1) is 7.11 Å². The fourth-order valence-electron chi connectivity index (χ4n) is 2.20. The molecule has 0 aliphatic carbocycles. The monoisotopic (exact) mass is 310 g/mol. The molecule has 2 aromatic heterocycles. The van der Waals surface area contributed by atoms with Gasteiger partial charge in [0.25, 0.3) is 0 Å². The van der Waals surface area contributed by atoms with Crippen LogP contribution in [0.15, 0.2) is 48.8 Å². The highest BCUT2D eigenvalue weighted by Gasteiger charge is 2.06. The van der Waals surface area contributed by atoms with E-state index in [1.807, 2.05) is 24.3 Å². The predicted octanol–water partition coefficient (Wildman–Crippen LogP) is 3.47. The van der Waals surface area contributed by atoms with Crippen molar-refractivity contribution in [3.05, 3.63) is 48.8 Å². The number of benzene rings is 1. The van der Waals surface area contributed by atoms with Gasteiger partial charge in [-0.05, 0) is 29.7 Å². The molecule has 0 saturated carbocycles. The Kier molecular flexibility index (Phi) is 3.92. The summed E-state index contributed by atoms with van der Waals surface area (Å²) in [6, 6.07) is 11.0. The number of hydrogen-bond acceptors (Lipinski definition) is 5. The minimum absolute atomic E-state index is 0.236. The van der Waals surface area contributed by atoms with Crippen molar-refractivity contribution in [1.29, 1.82) is 0 Å². The third-order valence-corrected chi connectivity index (χ3v) is 3.23. The minimum atomic E-state index is -1.16. The topological polar surface area (TPSA) is 96.4 Å². The Morgan fingerprint density at radius 2 is 1.96 bits per heavy atom. The highest BCUT2D eigenvalue weighted by Crippen LogP contribution is 2.28. The van der Waals surface area contributed by atoms with Crippen LogP contribution in [0.4, 0.5) is 22.1 Å². The average Bonchev–Trinajstić information content (AvgIpc) is 2.54. The number of fused-ring (bicyclic) bond motifs is 1. The number of amides is 1. The number of carbonyl (C=O) groups is 1. The summed E-state index contributed by atoms with van der Waals surface area (Å²) in [6.07, 6.45) is 2.05. The number of carboxylic acid groups (broad SMARTS) is 1. The number of aromatic nitrogens is 2. The van der Waals surface area contributed by atoms with E-state index >= 15 is 0 Å². The van der Waals surface area contributed by atoms with Gasteiger partial charge in [0, 0.05) is 29.5 Å². The van der Waals surface area contributed by atoms with Crippen LogP contribution in [0.5, 0.6) is 5.75 Å². The van der Waals surface area contributed by atoms with Gasteiger partial charge >= 0.3 is 6.09 Å².